The number of methoxy groups -OCH3 is 1. The second-order valence-corrected chi connectivity index (χ2v) is 6.54. The van der Waals surface area contributed by atoms with Gasteiger partial charge in [-0.25, -0.2) is 0 Å². The molecule has 0 bridgehead atoms. The molecule has 0 saturated heterocycles. The lowest BCUT2D eigenvalue weighted by Gasteiger charge is -2.27. The lowest BCUT2D eigenvalue weighted by atomic mass is 9.81. The van der Waals surface area contributed by atoms with E-state index in [-0.39, 0.29) is 23.7 Å². The fraction of sp³-hybridized carbons (Fsp3) is 0.579. The summed E-state index contributed by atoms with van der Waals surface area (Å²) in [7, 11) is 1.62. The Labute approximate surface area is 144 Å². The van der Waals surface area contributed by atoms with Gasteiger partial charge in [0.05, 0.1) is 6.61 Å². The Morgan fingerprint density at radius 2 is 1.54 bits per heavy atom. The van der Waals surface area contributed by atoms with Gasteiger partial charge in [0.25, 0.3) is 0 Å². The smallest absolute Gasteiger partial charge is 0.223 e. The molecule has 2 amide bonds. The third kappa shape index (κ3) is 5.64. The Morgan fingerprint density at radius 1 is 1.00 bits per heavy atom. The van der Waals surface area contributed by atoms with E-state index in [4.69, 9.17) is 4.74 Å². The Balaban J connectivity index is 1.70. The van der Waals surface area contributed by atoms with Gasteiger partial charge >= 0.3 is 0 Å². The maximum Gasteiger partial charge on any atom is 0.223 e. The minimum Gasteiger partial charge on any atom is -0.383 e. The topological polar surface area (TPSA) is 67.4 Å². The number of nitrogens with one attached hydrogen (secondary N) is 2. The monoisotopic (exact) mass is 332 g/mol. The molecule has 5 nitrogen and oxygen atoms in total. The molecular formula is C19H28N2O3. The molecular weight excluding hydrogens is 304 g/mol. The second kappa shape index (κ2) is 9.42. The number of hydrogen-bond acceptors (Lipinski definition) is 3. The quantitative estimate of drug-likeness (QED) is 0.752. The van der Waals surface area contributed by atoms with Crippen LogP contribution in [-0.4, -0.2) is 32.1 Å². The summed E-state index contributed by atoms with van der Waals surface area (Å²) in [6, 6.07) is 8.18. The molecule has 0 spiro atoms. The molecule has 24 heavy (non-hydrogen) atoms. The van der Waals surface area contributed by atoms with E-state index in [0.717, 1.165) is 31.2 Å². The predicted octanol–water partition coefficient (Wildman–Crippen LogP) is 2.18. The molecule has 0 atom stereocenters. The number of hydrogen-bond donors (Lipinski definition) is 2. The van der Waals surface area contributed by atoms with Gasteiger partial charge in [-0.3, -0.25) is 9.59 Å². The Kier molecular flexibility index (Phi) is 7.25. The SMILES string of the molecule is COCCNC(=O)C1CCC(C(=O)NCc2ccc(C)cc2)CC1. The van der Waals surface area contributed by atoms with E-state index in [9.17, 15) is 9.59 Å². The fourth-order valence-corrected chi connectivity index (χ4v) is 3.08. The van der Waals surface area contributed by atoms with Crippen LogP contribution >= 0.6 is 0 Å². The summed E-state index contributed by atoms with van der Waals surface area (Å²) in [5.41, 5.74) is 2.33. The predicted molar refractivity (Wildman–Crippen MR) is 93.4 cm³/mol. The molecule has 1 fully saturated rings. The summed E-state index contributed by atoms with van der Waals surface area (Å²) in [6.45, 7) is 3.69. The van der Waals surface area contributed by atoms with Crippen LogP contribution in [0.3, 0.4) is 0 Å². The van der Waals surface area contributed by atoms with E-state index >= 15 is 0 Å². The molecule has 0 heterocycles. The van der Waals surface area contributed by atoms with Crippen LogP contribution in [-0.2, 0) is 20.9 Å². The van der Waals surface area contributed by atoms with Crippen molar-refractivity contribution in [2.75, 3.05) is 20.3 Å². The van der Waals surface area contributed by atoms with Crippen LogP contribution in [0.25, 0.3) is 0 Å². The average Bonchev–Trinajstić information content (AvgIpc) is 2.61. The Morgan fingerprint density at radius 3 is 2.08 bits per heavy atom. The number of carbonyl (C=O) groups excluding carboxylic acids is 2. The van der Waals surface area contributed by atoms with E-state index in [1.165, 1.54) is 5.56 Å². The molecule has 2 rings (SSSR count). The van der Waals surface area contributed by atoms with Crippen LogP contribution in [0.4, 0.5) is 0 Å². The molecule has 5 heteroatoms. The Bertz CT molecular complexity index is 534. The summed E-state index contributed by atoms with van der Waals surface area (Å²) in [5, 5.41) is 5.90. The standard InChI is InChI=1S/C19H28N2O3/c1-14-3-5-15(6-4-14)13-21-19(23)17-9-7-16(8-10-17)18(22)20-11-12-24-2/h3-6,16-17H,7-13H2,1-2H3,(H,20,22)(H,21,23). The summed E-state index contributed by atoms with van der Waals surface area (Å²) >= 11 is 0. The number of benzene rings is 1. The zero-order valence-electron chi connectivity index (χ0n) is 14.6. The van der Waals surface area contributed by atoms with Crippen molar-refractivity contribution in [2.45, 2.75) is 39.2 Å². The second-order valence-electron chi connectivity index (χ2n) is 6.54. The number of amides is 2. The molecule has 0 unspecified atom stereocenters. The van der Waals surface area contributed by atoms with Gasteiger partial charge in [0.15, 0.2) is 0 Å². The summed E-state index contributed by atoms with van der Waals surface area (Å²) in [5.74, 6) is 0.251. The van der Waals surface area contributed by atoms with Gasteiger partial charge in [0, 0.05) is 32.0 Å². The van der Waals surface area contributed by atoms with Crippen molar-refractivity contribution in [1.29, 1.82) is 0 Å². The lowest BCUT2D eigenvalue weighted by molar-refractivity contribution is -0.130. The lowest BCUT2D eigenvalue weighted by Crippen LogP contribution is -2.38. The van der Waals surface area contributed by atoms with Crippen LogP contribution in [0.5, 0.6) is 0 Å². The molecule has 0 aliphatic heterocycles. The van der Waals surface area contributed by atoms with Crippen molar-refractivity contribution in [1.82, 2.24) is 10.6 Å². The van der Waals surface area contributed by atoms with Gasteiger partial charge in [0.1, 0.15) is 0 Å². The van der Waals surface area contributed by atoms with E-state index in [1.807, 2.05) is 19.1 Å². The van der Waals surface area contributed by atoms with Gasteiger partial charge in [-0.15, -0.1) is 0 Å². The maximum atomic E-state index is 12.3. The fourth-order valence-electron chi connectivity index (χ4n) is 3.08. The third-order valence-electron chi connectivity index (χ3n) is 4.66. The average molecular weight is 332 g/mol. The van der Waals surface area contributed by atoms with E-state index in [0.29, 0.717) is 19.7 Å². The number of rotatable bonds is 7. The molecule has 1 aliphatic rings. The first kappa shape index (κ1) is 18.5. The van der Waals surface area contributed by atoms with Gasteiger partial charge in [-0.1, -0.05) is 29.8 Å². The van der Waals surface area contributed by atoms with Crippen molar-refractivity contribution in [2.24, 2.45) is 11.8 Å². The van der Waals surface area contributed by atoms with Crippen molar-refractivity contribution in [3.05, 3.63) is 35.4 Å². The minimum absolute atomic E-state index is 0.0264. The van der Waals surface area contributed by atoms with Crippen molar-refractivity contribution < 1.29 is 14.3 Å². The van der Waals surface area contributed by atoms with Crippen LogP contribution in [0.2, 0.25) is 0 Å². The first-order chi connectivity index (χ1) is 11.6. The van der Waals surface area contributed by atoms with Gasteiger partial charge in [-0.05, 0) is 38.2 Å². The molecule has 132 valence electrons. The van der Waals surface area contributed by atoms with Crippen molar-refractivity contribution in [3.63, 3.8) is 0 Å². The summed E-state index contributed by atoms with van der Waals surface area (Å²) in [4.78, 5) is 24.3. The molecule has 0 radical (unpaired) electrons. The molecule has 2 N–H and O–H groups in total. The molecule has 1 saturated carbocycles. The number of carbonyl (C=O) groups is 2. The van der Waals surface area contributed by atoms with Crippen molar-refractivity contribution >= 4 is 11.8 Å². The van der Waals surface area contributed by atoms with Crippen LogP contribution < -0.4 is 10.6 Å². The van der Waals surface area contributed by atoms with Gasteiger partial charge < -0.3 is 15.4 Å². The first-order valence-corrected chi connectivity index (χ1v) is 8.70. The van der Waals surface area contributed by atoms with Crippen molar-refractivity contribution in [3.8, 4) is 0 Å². The van der Waals surface area contributed by atoms with Crippen LogP contribution in [0.1, 0.15) is 36.8 Å². The molecule has 1 aromatic rings. The molecule has 1 aliphatic carbocycles. The van der Waals surface area contributed by atoms with E-state index in [2.05, 4.69) is 22.8 Å². The highest BCUT2D eigenvalue weighted by atomic mass is 16.5. The maximum absolute atomic E-state index is 12.3. The molecule has 0 aromatic heterocycles. The van der Waals surface area contributed by atoms with Crippen LogP contribution in [0, 0.1) is 18.8 Å². The molecule has 1 aromatic carbocycles. The largest absolute Gasteiger partial charge is 0.383 e. The van der Waals surface area contributed by atoms with Gasteiger partial charge in [0.2, 0.25) is 11.8 Å². The zero-order valence-corrected chi connectivity index (χ0v) is 14.6. The first-order valence-electron chi connectivity index (χ1n) is 8.70. The number of aryl methyl sites for hydroxylation is 1. The van der Waals surface area contributed by atoms with E-state index < -0.39 is 0 Å². The Hall–Kier alpha value is -1.88. The minimum atomic E-state index is 0.0264. The highest BCUT2D eigenvalue weighted by Crippen LogP contribution is 2.29. The highest BCUT2D eigenvalue weighted by molar-refractivity contribution is 5.81. The van der Waals surface area contributed by atoms with E-state index in [1.54, 1.807) is 7.11 Å². The summed E-state index contributed by atoms with van der Waals surface area (Å²) in [6.07, 6.45) is 3.12. The van der Waals surface area contributed by atoms with Gasteiger partial charge in [-0.2, -0.15) is 0 Å². The highest BCUT2D eigenvalue weighted by Gasteiger charge is 2.29. The zero-order chi connectivity index (χ0) is 17.4. The summed E-state index contributed by atoms with van der Waals surface area (Å²) < 4.78 is 4.93. The third-order valence-corrected chi connectivity index (χ3v) is 4.66. The van der Waals surface area contributed by atoms with Crippen LogP contribution in [0.15, 0.2) is 24.3 Å². The number of ether oxygens (including phenoxy) is 1. The normalized spacial score (nSPS) is 20.4.